The summed E-state index contributed by atoms with van der Waals surface area (Å²) < 4.78 is 38.9. The van der Waals surface area contributed by atoms with Gasteiger partial charge in [-0.05, 0) is 115 Å². The van der Waals surface area contributed by atoms with Crippen LogP contribution in [0.25, 0.3) is 43.4 Å². The minimum atomic E-state index is -0.888. The molecule has 3 amide bonds. The van der Waals surface area contributed by atoms with Gasteiger partial charge in [0.2, 0.25) is 17.7 Å². The molecule has 0 aliphatic carbocycles. The number of β-amino-alcohol motifs (C(OH)–C–C–N with tert-alkyl or cyclic N) is 1. The molecule has 9 rings (SSSR count). The number of benzene rings is 3. The number of aromatic nitrogens is 4. The Morgan fingerprint density at radius 1 is 0.900 bits per heavy atom. The van der Waals surface area contributed by atoms with Crippen LogP contribution in [-0.4, -0.2) is 133 Å². The van der Waals surface area contributed by atoms with Gasteiger partial charge in [-0.3, -0.25) is 24.3 Å². The first-order valence-electron chi connectivity index (χ1n) is 27.9. The van der Waals surface area contributed by atoms with Gasteiger partial charge < -0.3 is 40.5 Å². The summed E-state index contributed by atoms with van der Waals surface area (Å²) in [6.07, 6.45) is 4.52. The molecule has 5 N–H and O–H groups in total. The molecule has 5 atom stereocenters. The quantitative estimate of drug-likeness (QED) is 0.0613. The SMILES string of the molecule is CCc1c(F)ccc2cc(O)cc(-c3ncc4c(N5CCC[C@H](O)C5)nc(OC5CCN(CC(C)(C)CC(C)(C)C(=O)N[C@H](C(=O)N6CCC[C@H]6C(=O)N[C@@H](C)c6ccc(-c7scnc7C)cc6)C(C)(C)C)C5)nc4c3F)c12.CO. The number of carbonyl (C=O) groups is 3. The Morgan fingerprint density at radius 3 is 2.30 bits per heavy atom. The number of pyridine rings is 1. The van der Waals surface area contributed by atoms with Crippen molar-refractivity contribution in [2.24, 2.45) is 16.2 Å². The number of aliphatic hydroxyl groups excluding tert-OH is 2. The van der Waals surface area contributed by atoms with Crippen LogP contribution in [0, 0.1) is 34.8 Å². The number of rotatable bonds is 16. The van der Waals surface area contributed by atoms with E-state index < -0.39 is 40.7 Å². The van der Waals surface area contributed by atoms with Crippen molar-refractivity contribution in [2.45, 2.75) is 145 Å². The zero-order chi connectivity index (χ0) is 58.0. The highest BCUT2D eigenvalue weighted by Gasteiger charge is 2.45. The van der Waals surface area contributed by atoms with E-state index in [2.05, 4.69) is 44.3 Å². The number of piperidine rings is 1. The number of phenols is 1. The van der Waals surface area contributed by atoms with E-state index in [0.29, 0.717) is 105 Å². The number of hydrogen-bond donors (Lipinski definition) is 5. The lowest BCUT2D eigenvalue weighted by Gasteiger charge is -2.40. The van der Waals surface area contributed by atoms with E-state index in [0.717, 1.165) is 28.8 Å². The number of ether oxygens (including phenoxy) is 1. The molecule has 6 aromatic rings. The molecule has 19 heteroatoms. The molecule has 0 bridgehead atoms. The highest BCUT2D eigenvalue weighted by molar-refractivity contribution is 7.13. The van der Waals surface area contributed by atoms with Crippen LogP contribution in [0.3, 0.4) is 0 Å². The molecule has 3 aliphatic heterocycles. The number of carbonyl (C=O) groups excluding carboxylic acids is 3. The molecule has 3 aliphatic rings. The molecule has 3 saturated heterocycles. The molecule has 0 spiro atoms. The van der Waals surface area contributed by atoms with E-state index in [1.54, 1.807) is 22.3 Å². The average Bonchev–Trinajstić information content (AvgIpc) is 4.28. The Bertz CT molecular complexity index is 3220. The number of fused-ring (bicyclic) bond motifs is 2. The molecule has 80 heavy (non-hydrogen) atoms. The Balaban J connectivity index is 0.00000416. The minimum Gasteiger partial charge on any atom is -0.508 e. The highest BCUT2D eigenvalue weighted by Crippen LogP contribution is 2.41. The van der Waals surface area contributed by atoms with Crippen LogP contribution in [0.15, 0.2) is 60.2 Å². The molecular weight excluding hydrogens is 1040 g/mol. The van der Waals surface area contributed by atoms with Crippen molar-refractivity contribution < 1.29 is 43.2 Å². The van der Waals surface area contributed by atoms with Crippen molar-refractivity contribution in [3.63, 3.8) is 0 Å². The number of nitrogens with one attached hydrogen (secondary N) is 2. The third-order valence-corrected chi connectivity index (χ3v) is 16.8. The summed E-state index contributed by atoms with van der Waals surface area (Å²) in [5.41, 5.74) is 3.37. The zero-order valence-electron chi connectivity index (χ0n) is 48.1. The summed E-state index contributed by atoms with van der Waals surface area (Å²) in [5, 5.41) is 36.1. The van der Waals surface area contributed by atoms with Crippen LogP contribution in [0.2, 0.25) is 0 Å². The number of aliphatic hydroxyl groups is 2. The van der Waals surface area contributed by atoms with Crippen molar-refractivity contribution in [1.29, 1.82) is 0 Å². The summed E-state index contributed by atoms with van der Waals surface area (Å²) in [5.74, 6) is -1.68. The highest BCUT2D eigenvalue weighted by atomic mass is 32.1. The number of nitrogens with zero attached hydrogens (tertiary/aromatic N) is 7. The van der Waals surface area contributed by atoms with Gasteiger partial charge in [0, 0.05) is 63.6 Å². The van der Waals surface area contributed by atoms with Gasteiger partial charge in [-0.1, -0.05) is 85.7 Å². The first-order chi connectivity index (χ1) is 37.9. The number of aryl methyl sites for hydroxylation is 2. The van der Waals surface area contributed by atoms with Crippen molar-refractivity contribution in [2.75, 3.05) is 51.3 Å². The summed E-state index contributed by atoms with van der Waals surface area (Å²) in [4.78, 5) is 68.3. The Morgan fingerprint density at radius 2 is 1.62 bits per heavy atom. The number of hydrogen-bond acceptors (Lipinski definition) is 14. The number of amides is 3. The monoisotopic (exact) mass is 1120 g/mol. The van der Waals surface area contributed by atoms with Crippen LogP contribution in [0.4, 0.5) is 14.6 Å². The molecular formula is C61H79F2N9O7S. The Labute approximate surface area is 472 Å². The van der Waals surface area contributed by atoms with E-state index in [1.165, 1.54) is 24.4 Å². The number of phenolic OH excluding ortho intramolecular Hbond substituents is 1. The van der Waals surface area contributed by atoms with Crippen molar-refractivity contribution in [1.82, 2.24) is 40.4 Å². The summed E-state index contributed by atoms with van der Waals surface area (Å²) in [7, 11) is 1.00. The van der Waals surface area contributed by atoms with Crippen LogP contribution in [0.5, 0.6) is 11.8 Å². The van der Waals surface area contributed by atoms with Crippen LogP contribution in [-0.2, 0) is 20.8 Å². The number of thiazole rings is 1. The Kier molecular flexibility index (Phi) is 18.2. The molecule has 16 nitrogen and oxygen atoms in total. The topological polar surface area (TPSA) is 206 Å². The lowest BCUT2D eigenvalue weighted by atomic mass is 9.73. The fraction of sp³-hybridized carbons (Fsp3) is 0.525. The van der Waals surface area contributed by atoms with E-state index in [9.17, 15) is 24.6 Å². The molecule has 3 fully saturated rings. The van der Waals surface area contributed by atoms with Crippen LogP contribution >= 0.6 is 11.3 Å². The van der Waals surface area contributed by atoms with Crippen molar-refractivity contribution in [3.05, 3.63) is 88.7 Å². The summed E-state index contributed by atoms with van der Waals surface area (Å²) >= 11 is 1.59. The van der Waals surface area contributed by atoms with Gasteiger partial charge in [-0.15, -0.1) is 11.3 Å². The largest absolute Gasteiger partial charge is 0.508 e. The minimum absolute atomic E-state index is 0.0267. The van der Waals surface area contributed by atoms with Gasteiger partial charge in [-0.25, -0.2) is 13.8 Å². The van der Waals surface area contributed by atoms with Crippen molar-refractivity contribution in [3.8, 4) is 33.5 Å². The molecule has 1 unspecified atom stereocenters. The summed E-state index contributed by atoms with van der Waals surface area (Å²) in [6.45, 7) is 22.7. The van der Waals surface area contributed by atoms with Gasteiger partial charge in [-0.2, -0.15) is 9.97 Å². The fourth-order valence-corrected chi connectivity index (χ4v) is 13.0. The van der Waals surface area contributed by atoms with Crippen LogP contribution < -0.4 is 20.3 Å². The maximum Gasteiger partial charge on any atom is 0.319 e. The molecule has 0 radical (unpaired) electrons. The molecule has 3 aromatic carbocycles. The van der Waals surface area contributed by atoms with Gasteiger partial charge in [0.25, 0.3) is 0 Å². The smallest absolute Gasteiger partial charge is 0.319 e. The lowest BCUT2D eigenvalue weighted by molar-refractivity contribution is -0.145. The molecule has 430 valence electrons. The van der Waals surface area contributed by atoms with Gasteiger partial charge in [0.1, 0.15) is 46.8 Å². The summed E-state index contributed by atoms with van der Waals surface area (Å²) in [6, 6.07) is 12.1. The van der Waals surface area contributed by atoms with Gasteiger partial charge in [0.05, 0.1) is 33.6 Å². The maximum absolute atomic E-state index is 17.2. The maximum atomic E-state index is 17.2. The third-order valence-electron chi connectivity index (χ3n) is 15.8. The van der Waals surface area contributed by atoms with Gasteiger partial charge >= 0.3 is 6.01 Å². The molecule has 0 saturated carbocycles. The standard InChI is InChI=1S/C60H75F2N9O6S.CH4O/c1-11-42-45(61)21-20-38-26-40(73)27-43(47(38)42)49-48(62)50-44(28-63-49)53(70-23-12-14-39(72)29-70)68-57(66-50)77-41-22-25-69(30-41)32-59(7,8)31-60(9,10)56(76)67-52(58(4,5)6)55(75)71-24-13-15-46(71)54(74)65-34(2)36-16-18-37(19-17-36)51-35(3)64-33-78-51;1-2/h16-21,26-28,33-34,39,41,46,52,72-73H,11-15,22-25,29-32H2,1-10H3,(H,65,74)(H,67,76);2H,1H3/t34-,39-,41?,46-,52+;/m0./s1. The second-order valence-corrected chi connectivity index (χ2v) is 25.2. The van der Waals surface area contributed by atoms with Crippen LogP contribution in [0.1, 0.15) is 124 Å². The predicted octanol–water partition coefficient (Wildman–Crippen LogP) is 9.69. The third kappa shape index (κ3) is 13.0. The normalized spacial score (nSPS) is 19.0. The van der Waals surface area contributed by atoms with Gasteiger partial charge in [0.15, 0.2) is 5.82 Å². The lowest BCUT2D eigenvalue weighted by Crippen LogP contribution is -2.59. The fourth-order valence-electron chi connectivity index (χ4n) is 12.1. The molecule has 3 aromatic heterocycles. The molecule has 6 heterocycles. The Hall–Kier alpha value is -6.41. The number of halogens is 2. The zero-order valence-corrected chi connectivity index (χ0v) is 48.9. The second kappa shape index (κ2) is 24.4. The first kappa shape index (κ1) is 59.7. The number of likely N-dealkylation sites (tertiary alicyclic amines) is 2. The predicted molar refractivity (Wildman–Crippen MR) is 309 cm³/mol. The first-order valence-corrected chi connectivity index (χ1v) is 28.8. The van der Waals surface area contributed by atoms with E-state index >= 15 is 8.78 Å². The van der Waals surface area contributed by atoms with E-state index in [-0.39, 0.29) is 70.4 Å². The number of anilines is 1. The second-order valence-electron chi connectivity index (χ2n) is 24.3. The van der Waals surface area contributed by atoms with Crippen molar-refractivity contribution >= 4 is 56.6 Å². The van der Waals surface area contributed by atoms with E-state index in [1.807, 2.05) is 90.1 Å². The van der Waals surface area contributed by atoms with E-state index in [4.69, 9.17) is 14.8 Å². The number of aromatic hydroxyl groups is 1. The average molecular weight is 1120 g/mol.